The zero-order valence-electron chi connectivity index (χ0n) is 8.86. The molecule has 1 aromatic carbocycles. The second kappa shape index (κ2) is 5.28. The molecule has 2 N–H and O–H groups in total. The molecule has 0 atom stereocenters. The summed E-state index contributed by atoms with van der Waals surface area (Å²) in [5.74, 6) is -0.723. The highest BCUT2D eigenvalue weighted by atomic mass is 19.4. The minimum absolute atomic E-state index is 0.0166. The van der Waals surface area contributed by atoms with Crippen molar-refractivity contribution in [1.29, 1.82) is 0 Å². The van der Waals surface area contributed by atoms with Gasteiger partial charge in [-0.05, 0) is 24.5 Å². The highest BCUT2D eigenvalue weighted by Gasteiger charge is 2.32. The van der Waals surface area contributed by atoms with Crippen molar-refractivity contribution in [2.24, 2.45) is 0 Å². The molecule has 1 aromatic rings. The summed E-state index contributed by atoms with van der Waals surface area (Å²) in [5, 5.41) is 17.8. The van der Waals surface area contributed by atoms with E-state index < -0.39 is 19.2 Å². The third-order valence-corrected chi connectivity index (χ3v) is 1.79. The Kier molecular flexibility index (Phi) is 4.25. The van der Waals surface area contributed by atoms with E-state index in [1.807, 2.05) is 0 Å². The van der Waals surface area contributed by atoms with Gasteiger partial charge < -0.3 is 19.5 Å². The lowest BCUT2D eigenvalue weighted by Crippen LogP contribution is -2.30. The maximum atomic E-state index is 12.0. The quantitative estimate of drug-likeness (QED) is 0.771. The van der Waals surface area contributed by atoms with Crippen molar-refractivity contribution in [3.63, 3.8) is 0 Å². The van der Waals surface area contributed by atoms with Crippen LogP contribution in [0.3, 0.4) is 0 Å². The summed E-state index contributed by atoms with van der Waals surface area (Å²) >= 11 is 0. The van der Waals surface area contributed by atoms with Crippen LogP contribution in [0.4, 0.5) is 13.2 Å². The number of benzene rings is 1. The van der Waals surface area contributed by atoms with E-state index in [-0.39, 0.29) is 17.8 Å². The van der Waals surface area contributed by atoms with Crippen molar-refractivity contribution < 1.29 is 32.7 Å². The zero-order chi connectivity index (χ0) is 13.1. The molecule has 0 aromatic heterocycles. The predicted molar refractivity (Wildman–Crippen MR) is 54.1 cm³/mol. The van der Waals surface area contributed by atoms with Gasteiger partial charge in [-0.25, -0.2) is 0 Å². The number of alkyl halides is 3. The molecule has 0 aliphatic carbocycles. The molecule has 0 bridgehead atoms. The molecule has 0 heterocycles. The third-order valence-electron chi connectivity index (χ3n) is 1.79. The fourth-order valence-corrected chi connectivity index (χ4v) is 1.16. The molecule has 0 amide bonds. The Morgan fingerprint density at radius 2 is 1.88 bits per heavy atom. The molecular weight excluding hydrogens is 240 g/mol. The van der Waals surface area contributed by atoms with Gasteiger partial charge in [-0.15, -0.1) is 13.2 Å². The van der Waals surface area contributed by atoms with Gasteiger partial charge in [0.15, 0.2) is 11.5 Å². The normalized spacial score (nSPS) is 11.2. The Morgan fingerprint density at radius 3 is 2.35 bits per heavy atom. The lowest BCUT2D eigenvalue weighted by Gasteiger charge is -2.14. The zero-order valence-corrected chi connectivity index (χ0v) is 8.86. The van der Waals surface area contributed by atoms with Crippen LogP contribution >= 0.6 is 0 Å². The van der Waals surface area contributed by atoms with Crippen molar-refractivity contribution in [2.45, 2.75) is 13.3 Å². The molecule has 1 rings (SSSR count). The average molecular weight is 250 g/mol. The fourth-order valence-electron chi connectivity index (χ4n) is 1.16. The highest BCUT2D eigenvalue weighted by Crippen LogP contribution is 2.31. The van der Waals surface area contributed by atoms with Crippen molar-refractivity contribution in [1.82, 2.24) is 0 Å². The van der Waals surface area contributed by atoms with Crippen molar-refractivity contribution in [3.8, 4) is 11.5 Å². The van der Waals surface area contributed by atoms with E-state index in [2.05, 4.69) is 4.74 Å². The van der Waals surface area contributed by atoms with E-state index in [9.17, 15) is 13.2 Å². The van der Waals surface area contributed by atoms with Crippen LogP contribution in [0.1, 0.15) is 6.92 Å². The lowest BCUT2D eigenvalue weighted by molar-refractivity contribution is -0.275. The molecule has 0 unspecified atom stereocenters. The number of hydrogen-bond donors (Lipinski definition) is 2. The topological polar surface area (TPSA) is 58.9 Å². The summed E-state index contributed by atoms with van der Waals surface area (Å²) in [4.78, 5) is 0. The lowest BCUT2D eigenvalue weighted by atomic mass is 9.80. The molecule has 8 heteroatoms. The van der Waals surface area contributed by atoms with Crippen LogP contribution in [0.2, 0.25) is 0 Å². The molecule has 0 saturated carbocycles. The van der Waals surface area contributed by atoms with Gasteiger partial charge in [0.2, 0.25) is 0 Å². The van der Waals surface area contributed by atoms with E-state index in [4.69, 9.17) is 14.8 Å². The maximum absolute atomic E-state index is 12.0. The summed E-state index contributed by atoms with van der Waals surface area (Å²) < 4.78 is 44.8. The van der Waals surface area contributed by atoms with Gasteiger partial charge in [0.1, 0.15) is 0 Å². The largest absolute Gasteiger partial charge is 0.573 e. The second-order valence-electron chi connectivity index (χ2n) is 3.06. The van der Waals surface area contributed by atoms with Gasteiger partial charge in [-0.3, -0.25) is 0 Å². The SMILES string of the molecule is CCOc1cc(B(O)O)ccc1OC(F)(F)F. The Bertz CT molecular complexity index is 381. The van der Waals surface area contributed by atoms with E-state index in [1.54, 1.807) is 6.92 Å². The van der Waals surface area contributed by atoms with Gasteiger partial charge in [-0.1, -0.05) is 6.07 Å². The summed E-state index contributed by atoms with van der Waals surface area (Å²) in [6.07, 6.45) is -4.83. The molecule has 94 valence electrons. The fraction of sp³-hybridized carbons (Fsp3) is 0.333. The molecule has 4 nitrogen and oxygen atoms in total. The molecular formula is C9H10BF3O4. The smallest absolute Gasteiger partial charge is 0.490 e. The van der Waals surface area contributed by atoms with Crippen LogP contribution in [-0.2, 0) is 0 Å². The van der Waals surface area contributed by atoms with Crippen LogP contribution in [0, 0.1) is 0 Å². The van der Waals surface area contributed by atoms with Crippen molar-refractivity contribution >= 4 is 12.6 Å². The minimum Gasteiger partial charge on any atom is -0.490 e. The first-order valence-corrected chi connectivity index (χ1v) is 4.72. The number of rotatable bonds is 4. The summed E-state index contributed by atoms with van der Waals surface area (Å²) in [7, 11) is -1.78. The Balaban J connectivity index is 3.04. The Labute approximate surface area is 95.7 Å². The molecule has 17 heavy (non-hydrogen) atoms. The average Bonchev–Trinajstić information content (AvgIpc) is 2.18. The molecule has 0 spiro atoms. The number of hydrogen-bond acceptors (Lipinski definition) is 4. The van der Waals surface area contributed by atoms with Gasteiger partial charge >= 0.3 is 13.5 Å². The molecule has 0 aliphatic heterocycles. The summed E-state index contributed by atoms with van der Waals surface area (Å²) in [6.45, 7) is 1.71. The first-order chi connectivity index (χ1) is 7.83. The monoisotopic (exact) mass is 250 g/mol. The van der Waals surface area contributed by atoms with E-state index in [1.165, 1.54) is 0 Å². The number of ether oxygens (including phenoxy) is 2. The first kappa shape index (κ1) is 13.7. The van der Waals surface area contributed by atoms with E-state index >= 15 is 0 Å². The molecule has 0 fully saturated rings. The van der Waals surface area contributed by atoms with Gasteiger partial charge in [0, 0.05) is 0 Å². The van der Waals surface area contributed by atoms with Gasteiger partial charge in [0.25, 0.3) is 0 Å². The predicted octanol–water partition coefficient (Wildman–Crippen LogP) is 0.664. The molecule has 0 radical (unpaired) electrons. The first-order valence-electron chi connectivity index (χ1n) is 4.72. The minimum atomic E-state index is -4.83. The van der Waals surface area contributed by atoms with Crippen LogP contribution in [0.15, 0.2) is 18.2 Å². The summed E-state index contributed by atoms with van der Waals surface area (Å²) in [5.41, 5.74) is 0.0166. The second-order valence-corrected chi connectivity index (χ2v) is 3.06. The maximum Gasteiger partial charge on any atom is 0.573 e. The van der Waals surface area contributed by atoms with Crippen LogP contribution in [0.5, 0.6) is 11.5 Å². The highest BCUT2D eigenvalue weighted by molar-refractivity contribution is 6.58. The van der Waals surface area contributed by atoms with Crippen molar-refractivity contribution in [2.75, 3.05) is 6.61 Å². The standard InChI is InChI=1S/C9H10BF3O4/c1-2-16-8-5-6(10(14)15)3-4-7(8)17-9(11,12)13/h3-5,14-15H,2H2,1H3. The molecule has 0 aliphatic rings. The Hall–Kier alpha value is -1.41. The molecule has 0 saturated heterocycles. The third kappa shape index (κ3) is 4.16. The van der Waals surface area contributed by atoms with E-state index in [0.717, 1.165) is 18.2 Å². The van der Waals surface area contributed by atoms with E-state index in [0.29, 0.717) is 0 Å². The van der Waals surface area contributed by atoms with Crippen LogP contribution < -0.4 is 14.9 Å². The summed E-state index contributed by atoms with van der Waals surface area (Å²) in [6, 6.07) is 3.15. The van der Waals surface area contributed by atoms with Crippen LogP contribution in [0.25, 0.3) is 0 Å². The van der Waals surface area contributed by atoms with Crippen molar-refractivity contribution in [3.05, 3.63) is 18.2 Å². The Morgan fingerprint density at radius 1 is 1.24 bits per heavy atom. The number of halogens is 3. The van der Waals surface area contributed by atoms with Crippen LogP contribution in [-0.4, -0.2) is 30.1 Å². The van der Waals surface area contributed by atoms with Gasteiger partial charge in [0.05, 0.1) is 6.61 Å². The van der Waals surface area contributed by atoms with Gasteiger partial charge in [-0.2, -0.15) is 0 Å².